The van der Waals surface area contributed by atoms with Gasteiger partial charge in [-0.05, 0) is 25.1 Å². The quantitative estimate of drug-likeness (QED) is 0.691. The maximum atomic E-state index is 13.8. The molecule has 0 atom stereocenters. The molecule has 0 fully saturated rings. The van der Waals surface area contributed by atoms with Crippen LogP contribution in [0.2, 0.25) is 5.02 Å². The Morgan fingerprint density at radius 1 is 1.40 bits per heavy atom. The number of H-pyrrole nitrogens is 1. The SMILES string of the molecule is Cc1nc(-c2ncn[nH]2)sc1C(=O)NS(=O)(=O)c1ccc(Cl)cc1F. The third kappa shape index (κ3) is 3.52. The Labute approximate surface area is 150 Å². The van der Waals surface area contributed by atoms with Crippen LogP contribution in [0.1, 0.15) is 15.4 Å². The van der Waals surface area contributed by atoms with E-state index in [0.717, 1.165) is 23.5 Å². The zero-order chi connectivity index (χ0) is 18.2. The van der Waals surface area contributed by atoms with Gasteiger partial charge in [-0.15, -0.1) is 11.3 Å². The lowest BCUT2D eigenvalue weighted by molar-refractivity contribution is 0.0984. The maximum Gasteiger partial charge on any atom is 0.277 e. The molecule has 1 amide bonds. The van der Waals surface area contributed by atoms with Gasteiger partial charge in [0, 0.05) is 5.02 Å². The summed E-state index contributed by atoms with van der Waals surface area (Å²) in [4.78, 5) is 19.7. The number of rotatable bonds is 4. The number of hydrogen-bond donors (Lipinski definition) is 2. The standard InChI is InChI=1S/C13H9ClFN5O3S2/c1-6-10(24-13(18-6)11-16-5-17-19-11)12(21)20-25(22,23)9-3-2-7(14)4-8(9)15/h2-5H,1H3,(H,20,21)(H,16,17,19). The topological polar surface area (TPSA) is 118 Å². The molecule has 0 saturated heterocycles. The van der Waals surface area contributed by atoms with Crippen molar-refractivity contribution in [1.82, 2.24) is 24.9 Å². The molecule has 3 aromatic rings. The van der Waals surface area contributed by atoms with Crippen LogP contribution in [0, 0.1) is 12.7 Å². The number of amides is 1. The minimum atomic E-state index is -4.41. The highest BCUT2D eigenvalue weighted by molar-refractivity contribution is 7.90. The average Bonchev–Trinajstić information content (AvgIpc) is 3.15. The summed E-state index contributed by atoms with van der Waals surface area (Å²) < 4.78 is 40.1. The number of carbonyl (C=O) groups excluding carboxylic acids is 1. The molecule has 0 radical (unpaired) electrons. The molecule has 0 bridgehead atoms. The van der Waals surface area contributed by atoms with Crippen molar-refractivity contribution in [3.05, 3.63) is 45.9 Å². The lowest BCUT2D eigenvalue weighted by Crippen LogP contribution is -2.31. The van der Waals surface area contributed by atoms with E-state index in [2.05, 4.69) is 20.2 Å². The second-order valence-corrected chi connectivity index (χ2v) is 7.86. The van der Waals surface area contributed by atoms with E-state index in [4.69, 9.17) is 11.6 Å². The van der Waals surface area contributed by atoms with Crippen LogP contribution < -0.4 is 4.72 Å². The minimum Gasteiger partial charge on any atom is -0.267 e. The molecule has 130 valence electrons. The van der Waals surface area contributed by atoms with E-state index in [0.29, 0.717) is 16.5 Å². The predicted molar refractivity (Wildman–Crippen MR) is 88.3 cm³/mol. The van der Waals surface area contributed by atoms with Gasteiger partial charge in [-0.3, -0.25) is 9.89 Å². The summed E-state index contributed by atoms with van der Waals surface area (Å²) in [6.07, 6.45) is 1.28. The van der Waals surface area contributed by atoms with E-state index >= 15 is 0 Å². The molecule has 25 heavy (non-hydrogen) atoms. The minimum absolute atomic E-state index is 0.0396. The second-order valence-electron chi connectivity index (χ2n) is 4.78. The summed E-state index contributed by atoms with van der Waals surface area (Å²) in [6.45, 7) is 1.54. The van der Waals surface area contributed by atoms with E-state index in [-0.39, 0.29) is 9.90 Å². The van der Waals surface area contributed by atoms with Gasteiger partial charge in [-0.1, -0.05) is 11.6 Å². The van der Waals surface area contributed by atoms with Crippen LogP contribution in [-0.2, 0) is 10.0 Å². The Kier molecular flexibility index (Phi) is 4.54. The molecule has 0 spiro atoms. The van der Waals surface area contributed by atoms with Crippen LogP contribution in [0.25, 0.3) is 10.8 Å². The molecule has 0 unspecified atom stereocenters. The van der Waals surface area contributed by atoms with Gasteiger partial charge in [-0.2, -0.15) is 5.10 Å². The Bertz CT molecular complexity index is 1050. The van der Waals surface area contributed by atoms with Crippen molar-refractivity contribution in [2.24, 2.45) is 0 Å². The van der Waals surface area contributed by atoms with E-state index in [1.165, 1.54) is 12.4 Å². The van der Waals surface area contributed by atoms with Crippen LogP contribution in [0.3, 0.4) is 0 Å². The van der Waals surface area contributed by atoms with Crippen molar-refractivity contribution in [2.45, 2.75) is 11.8 Å². The highest BCUT2D eigenvalue weighted by Crippen LogP contribution is 2.26. The number of hydrogen-bond acceptors (Lipinski definition) is 7. The number of carbonyl (C=O) groups is 1. The number of nitrogens with zero attached hydrogens (tertiary/aromatic N) is 3. The van der Waals surface area contributed by atoms with Crippen molar-refractivity contribution in [1.29, 1.82) is 0 Å². The summed E-state index contributed by atoms with van der Waals surface area (Å²) >= 11 is 6.53. The smallest absolute Gasteiger partial charge is 0.267 e. The number of thiazole rings is 1. The summed E-state index contributed by atoms with van der Waals surface area (Å²) in [5.41, 5.74) is 0.306. The van der Waals surface area contributed by atoms with Gasteiger partial charge >= 0.3 is 0 Å². The van der Waals surface area contributed by atoms with Crippen molar-refractivity contribution in [2.75, 3.05) is 0 Å². The second kappa shape index (κ2) is 6.50. The van der Waals surface area contributed by atoms with Gasteiger partial charge < -0.3 is 0 Å². The maximum absolute atomic E-state index is 13.8. The fourth-order valence-electron chi connectivity index (χ4n) is 1.93. The number of benzene rings is 1. The molecule has 3 rings (SSSR count). The lowest BCUT2D eigenvalue weighted by atomic mass is 10.3. The first-order chi connectivity index (χ1) is 11.8. The molecule has 8 nitrogen and oxygen atoms in total. The zero-order valence-corrected chi connectivity index (χ0v) is 14.8. The fourth-order valence-corrected chi connectivity index (χ4v) is 4.08. The third-order valence-electron chi connectivity index (χ3n) is 3.03. The highest BCUT2D eigenvalue weighted by atomic mass is 35.5. The van der Waals surface area contributed by atoms with E-state index < -0.39 is 26.6 Å². The Hall–Kier alpha value is -2.37. The number of halogens is 2. The number of nitrogens with one attached hydrogen (secondary N) is 2. The van der Waals surface area contributed by atoms with Crippen molar-refractivity contribution < 1.29 is 17.6 Å². The fraction of sp³-hybridized carbons (Fsp3) is 0.0769. The first kappa shape index (κ1) is 17.5. The average molecular weight is 402 g/mol. The summed E-state index contributed by atoms with van der Waals surface area (Å²) in [5, 5.41) is 6.68. The van der Waals surface area contributed by atoms with Gasteiger partial charge in [0.2, 0.25) is 0 Å². The first-order valence-corrected chi connectivity index (χ1v) is 9.31. The molecular weight excluding hydrogens is 393 g/mol. The number of aromatic nitrogens is 4. The molecule has 0 aliphatic carbocycles. The van der Waals surface area contributed by atoms with Crippen molar-refractivity contribution in [3.8, 4) is 10.8 Å². The lowest BCUT2D eigenvalue weighted by Gasteiger charge is -2.07. The molecule has 2 heterocycles. The van der Waals surface area contributed by atoms with Crippen LogP contribution in [-0.4, -0.2) is 34.5 Å². The summed E-state index contributed by atoms with van der Waals surface area (Å²) in [7, 11) is -4.41. The van der Waals surface area contributed by atoms with Crippen molar-refractivity contribution >= 4 is 38.9 Å². The van der Waals surface area contributed by atoms with Crippen LogP contribution in [0.15, 0.2) is 29.4 Å². The van der Waals surface area contributed by atoms with Crippen molar-refractivity contribution in [3.63, 3.8) is 0 Å². The van der Waals surface area contributed by atoms with Crippen LogP contribution in [0.5, 0.6) is 0 Å². The van der Waals surface area contributed by atoms with Gasteiger partial charge in [-0.25, -0.2) is 27.5 Å². The monoisotopic (exact) mass is 401 g/mol. The molecule has 12 heteroatoms. The molecule has 2 N–H and O–H groups in total. The first-order valence-electron chi connectivity index (χ1n) is 6.63. The Morgan fingerprint density at radius 2 is 2.16 bits per heavy atom. The molecule has 0 saturated carbocycles. The van der Waals surface area contributed by atoms with E-state index in [1.54, 1.807) is 6.92 Å². The van der Waals surface area contributed by atoms with Gasteiger partial charge in [0.15, 0.2) is 10.8 Å². The van der Waals surface area contributed by atoms with Gasteiger partial charge in [0.05, 0.1) is 5.69 Å². The van der Waals surface area contributed by atoms with E-state index in [9.17, 15) is 17.6 Å². The molecule has 0 aliphatic heterocycles. The summed E-state index contributed by atoms with van der Waals surface area (Å²) in [6, 6.07) is 3.04. The van der Waals surface area contributed by atoms with Crippen LogP contribution >= 0.6 is 22.9 Å². The van der Waals surface area contributed by atoms with Gasteiger partial charge in [0.1, 0.15) is 21.9 Å². The Morgan fingerprint density at radius 3 is 2.80 bits per heavy atom. The molecule has 2 aromatic heterocycles. The highest BCUT2D eigenvalue weighted by Gasteiger charge is 2.25. The largest absolute Gasteiger partial charge is 0.277 e. The molecular formula is C13H9ClFN5O3S2. The predicted octanol–water partition coefficient (Wildman–Crippen LogP) is 2.15. The number of aromatic amines is 1. The zero-order valence-electron chi connectivity index (χ0n) is 12.4. The summed E-state index contributed by atoms with van der Waals surface area (Å²) in [5.74, 6) is -1.63. The normalized spacial score (nSPS) is 11.5. The number of aryl methyl sites for hydroxylation is 1. The molecule has 0 aliphatic rings. The van der Waals surface area contributed by atoms with Gasteiger partial charge in [0.25, 0.3) is 15.9 Å². The van der Waals surface area contributed by atoms with Crippen LogP contribution in [0.4, 0.5) is 4.39 Å². The Balaban J connectivity index is 1.89. The van der Waals surface area contributed by atoms with E-state index in [1.807, 2.05) is 4.72 Å². The number of sulfonamides is 1. The third-order valence-corrected chi connectivity index (χ3v) is 5.79. The molecule has 1 aromatic carbocycles.